The zero-order valence-electron chi connectivity index (χ0n) is 8.78. The molecular formula is C10H17NO3. The smallest absolute Gasteiger partial charge is 0.307 e. The first kappa shape index (κ1) is 12.7. The van der Waals surface area contributed by atoms with Crippen molar-refractivity contribution in [2.24, 2.45) is 0 Å². The van der Waals surface area contributed by atoms with Crippen LogP contribution in [0, 0.1) is 0 Å². The molecule has 0 N–H and O–H groups in total. The van der Waals surface area contributed by atoms with Crippen LogP contribution in [0.1, 0.15) is 19.8 Å². The van der Waals surface area contributed by atoms with E-state index in [2.05, 4.69) is 6.58 Å². The van der Waals surface area contributed by atoms with E-state index < -0.39 is 0 Å². The topological polar surface area (TPSA) is 46.6 Å². The van der Waals surface area contributed by atoms with E-state index in [0.717, 1.165) is 6.42 Å². The van der Waals surface area contributed by atoms with Crippen LogP contribution < -0.4 is 0 Å². The number of amides is 1. The summed E-state index contributed by atoms with van der Waals surface area (Å²) in [6.07, 6.45) is 2.26. The quantitative estimate of drug-likeness (QED) is 0.473. The average Bonchev–Trinajstić information content (AvgIpc) is 2.21. The second-order valence-corrected chi connectivity index (χ2v) is 2.93. The molecule has 1 amide bonds. The maximum Gasteiger partial charge on any atom is 0.307 e. The number of carbonyl (C=O) groups is 2. The Morgan fingerprint density at radius 3 is 2.64 bits per heavy atom. The molecule has 0 aliphatic rings. The Balaban J connectivity index is 3.65. The third-order valence-electron chi connectivity index (χ3n) is 1.67. The van der Waals surface area contributed by atoms with E-state index in [0.29, 0.717) is 13.2 Å². The molecule has 0 rings (SSSR count). The Kier molecular flexibility index (Phi) is 6.45. The Labute approximate surface area is 84.5 Å². The fourth-order valence-electron chi connectivity index (χ4n) is 0.813. The van der Waals surface area contributed by atoms with Crippen LogP contribution in [-0.2, 0) is 14.3 Å². The Morgan fingerprint density at radius 2 is 2.14 bits per heavy atom. The van der Waals surface area contributed by atoms with Gasteiger partial charge in [0.25, 0.3) is 0 Å². The van der Waals surface area contributed by atoms with E-state index in [9.17, 15) is 9.59 Å². The van der Waals surface area contributed by atoms with Crippen LogP contribution in [0.5, 0.6) is 0 Å². The van der Waals surface area contributed by atoms with Gasteiger partial charge in [0.2, 0.25) is 5.91 Å². The van der Waals surface area contributed by atoms with E-state index in [-0.39, 0.29) is 18.3 Å². The number of esters is 1. The predicted molar refractivity (Wildman–Crippen MR) is 53.7 cm³/mol. The maximum absolute atomic E-state index is 11.0. The Morgan fingerprint density at radius 1 is 1.50 bits per heavy atom. The fourth-order valence-corrected chi connectivity index (χ4v) is 0.813. The molecule has 80 valence electrons. The lowest BCUT2D eigenvalue weighted by Crippen LogP contribution is -2.27. The molecular weight excluding hydrogens is 182 g/mol. The van der Waals surface area contributed by atoms with Crippen LogP contribution in [0.4, 0.5) is 0 Å². The molecule has 4 nitrogen and oxygen atoms in total. The van der Waals surface area contributed by atoms with E-state index in [1.807, 2.05) is 6.92 Å². The lowest BCUT2D eigenvalue weighted by atomic mass is 10.4. The number of likely N-dealkylation sites (N-methyl/N-ethyl adjacent to an activating group) is 1. The highest BCUT2D eigenvalue weighted by atomic mass is 16.5. The number of ether oxygens (including phenoxy) is 1. The van der Waals surface area contributed by atoms with Gasteiger partial charge in [0.05, 0.1) is 13.0 Å². The summed E-state index contributed by atoms with van der Waals surface area (Å²) in [6.45, 7) is 6.09. The number of rotatable bonds is 6. The van der Waals surface area contributed by atoms with Crippen molar-refractivity contribution >= 4 is 11.9 Å². The minimum absolute atomic E-state index is 0.187. The molecule has 0 aromatic heterocycles. The van der Waals surface area contributed by atoms with E-state index in [1.165, 1.54) is 11.0 Å². The lowest BCUT2D eigenvalue weighted by molar-refractivity contribution is -0.144. The highest BCUT2D eigenvalue weighted by Crippen LogP contribution is 1.93. The normalized spacial score (nSPS) is 9.29. The van der Waals surface area contributed by atoms with Gasteiger partial charge in [-0.25, -0.2) is 0 Å². The minimum atomic E-state index is -0.268. The molecule has 4 heteroatoms. The second kappa shape index (κ2) is 7.12. The molecule has 0 heterocycles. The third kappa shape index (κ3) is 5.35. The average molecular weight is 199 g/mol. The molecule has 0 bridgehead atoms. The summed E-state index contributed by atoms with van der Waals surface area (Å²) in [6, 6.07) is 0. The summed E-state index contributed by atoms with van der Waals surface area (Å²) >= 11 is 0. The van der Waals surface area contributed by atoms with Gasteiger partial charge in [0, 0.05) is 13.6 Å². The summed E-state index contributed by atoms with van der Waals surface area (Å²) in [4.78, 5) is 23.5. The van der Waals surface area contributed by atoms with Crippen molar-refractivity contribution in [3.8, 4) is 0 Å². The SMILES string of the molecule is C=CC(=O)N(C)CCC(=O)OCCC. The van der Waals surface area contributed by atoms with Crippen molar-refractivity contribution in [1.29, 1.82) is 0 Å². The van der Waals surface area contributed by atoms with Crippen LogP contribution in [0.15, 0.2) is 12.7 Å². The Bertz CT molecular complexity index is 213. The fraction of sp³-hybridized carbons (Fsp3) is 0.600. The summed E-state index contributed by atoms with van der Waals surface area (Å²) < 4.78 is 4.85. The van der Waals surface area contributed by atoms with Gasteiger partial charge in [0.15, 0.2) is 0 Å². The number of carbonyl (C=O) groups excluding carboxylic acids is 2. The van der Waals surface area contributed by atoms with E-state index in [1.54, 1.807) is 7.05 Å². The molecule has 0 saturated carbocycles. The zero-order valence-corrected chi connectivity index (χ0v) is 8.78. The molecule has 0 atom stereocenters. The van der Waals surface area contributed by atoms with Crippen molar-refractivity contribution in [3.63, 3.8) is 0 Å². The van der Waals surface area contributed by atoms with E-state index >= 15 is 0 Å². The molecule has 0 aliphatic heterocycles. The highest BCUT2D eigenvalue weighted by molar-refractivity contribution is 5.87. The summed E-state index contributed by atoms with van der Waals surface area (Å²) in [7, 11) is 1.62. The molecule has 0 aromatic carbocycles. The standard InChI is InChI=1S/C10H17NO3/c1-4-8-14-10(13)6-7-11(3)9(12)5-2/h5H,2,4,6-8H2,1,3H3. The number of nitrogens with zero attached hydrogens (tertiary/aromatic N) is 1. The molecule has 0 saturated heterocycles. The van der Waals surface area contributed by atoms with Crippen molar-refractivity contribution in [2.75, 3.05) is 20.2 Å². The van der Waals surface area contributed by atoms with Crippen molar-refractivity contribution in [2.45, 2.75) is 19.8 Å². The van der Waals surface area contributed by atoms with Gasteiger partial charge < -0.3 is 9.64 Å². The van der Waals surface area contributed by atoms with Crippen LogP contribution in [-0.4, -0.2) is 37.0 Å². The molecule has 14 heavy (non-hydrogen) atoms. The van der Waals surface area contributed by atoms with Crippen LogP contribution in [0.2, 0.25) is 0 Å². The molecule has 0 radical (unpaired) electrons. The van der Waals surface area contributed by atoms with Gasteiger partial charge in [0.1, 0.15) is 0 Å². The molecule has 0 unspecified atom stereocenters. The van der Waals surface area contributed by atoms with Gasteiger partial charge in [-0.1, -0.05) is 13.5 Å². The second-order valence-electron chi connectivity index (χ2n) is 2.93. The van der Waals surface area contributed by atoms with Gasteiger partial charge >= 0.3 is 5.97 Å². The van der Waals surface area contributed by atoms with Crippen LogP contribution >= 0.6 is 0 Å². The van der Waals surface area contributed by atoms with Gasteiger partial charge in [-0.05, 0) is 12.5 Å². The molecule has 0 spiro atoms. The monoisotopic (exact) mass is 199 g/mol. The Hall–Kier alpha value is -1.32. The summed E-state index contributed by atoms with van der Waals surface area (Å²) in [5.41, 5.74) is 0. The van der Waals surface area contributed by atoms with E-state index in [4.69, 9.17) is 4.74 Å². The van der Waals surface area contributed by atoms with Crippen LogP contribution in [0.25, 0.3) is 0 Å². The maximum atomic E-state index is 11.0. The molecule has 0 fully saturated rings. The third-order valence-corrected chi connectivity index (χ3v) is 1.67. The minimum Gasteiger partial charge on any atom is -0.466 e. The van der Waals surface area contributed by atoms with Crippen molar-refractivity contribution in [3.05, 3.63) is 12.7 Å². The first-order valence-corrected chi connectivity index (χ1v) is 4.65. The first-order valence-electron chi connectivity index (χ1n) is 4.65. The van der Waals surface area contributed by atoms with Crippen LogP contribution in [0.3, 0.4) is 0 Å². The molecule has 0 aliphatic carbocycles. The predicted octanol–water partition coefficient (Wildman–Crippen LogP) is 0.974. The first-order chi connectivity index (χ1) is 6.61. The summed E-state index contributed by atoms with van der Waals surface area (Å²) in [5, 5.41) is 0. The van der Waals surface area contributed by atoms with Crippen molar-refractivity contribution < 1.29 is 14.3 Å². The highest BCUT2D eigenvalue weighted by Gasteiger charge is 2.07. The van der Waals surface area contributed by atoms with Gasteiger partial charge in [-0.3, -0.25) is 9.59 Å². The van der Waals surface area contributed by atoms with Gasteiger partial charge in [-0.15, -0.1) is 0 Å². The van der Waals surface area contributed by atoms with Gasteiger partial charge in [-0.2, -0.15) is 0 Å². The van der Waals surface area contributed by atoms with Crippen molar-refractivity contribution in [1.82, 2.24) is 4.90 Å². The summed E-state index contributed by atoms with van der Waals surface area (Å²) in [5.74, 6) is -0.455. The largest absolute Gasteiger partial charge is 0.466 e. The lowest BCUT2D eigenvalue weighted by Gasteiger charge is -2.13. The number of hydrogen-bond acceptors (Lipinski definition) is 3. The zero-order chi connectivity index (χ0) is 11.0. The number of hydrogen-bond donors (Lipinski definition) is 0. The molecule has 0 aromatic rings.